The van der Waals surface area contributed by atoms with Crippen molar-refractivity contribution in [3.05, 3.63) is 88.2 Å². The molecule has 0 aliphatic heterocycles. The summed E-state index contributed by atoms with van der Waals surface area (Å²) in [6.45, 7) is 1.83. The van der Waals surface area contributed by atoms with Crippen LogP contribution in [0, 0.1) is 30.4 Å². The summed E-state index contributed by atoms with van der Waals surface area (Å²) in [4.78, 5) is 16.7. The molecule has 2 saturated carbocycles. The average Bonchev–Trinajstić information content (AvgIpc) is 3.10. The summed E-state index contributed by atoms with van der Waals surface area (Å²) in [5.74, 6) is -4.21. The summed E-state index contributed by atoms with van der Waals surface area (Å²) in [5.41, 5.74) is -0.718. The molecule has 2 aliphatic carbocycles. The summed E-state index contributed by atoms with van der Waals surface area (Å²) in [6.07, 6.45) is -0.541. The lowest BCUT2D eigenvalue weighted by Gasteiger charge is -2.46. The lowest BCUT2D eigenvalue weighted by Crippen LogP contribution is -2.57. The van der Waals surface area contributed by atoms with Crippen LogP contribution in [-0.2, 0) is 9.84 Å². The Morgan fingerprint density at radius 2 is 1.73 bits per heavy atom. The largest absolute Gasteiger partial charge is 0.387 e. The molecule has 0 radical (unpaired) electrons. The van der Waals surface area contributed by atoms with Crippen LogP contribution < -0.4 is 5.32 Å². The van der Waals surface area contributed by atoms with Gasteiger partial charge in [0.15, 0.2) is 21.5 Å². The first-order valence-corrected chi connectivity index (χ1v) is 15.1. The molecule has 4 N–H and O–H groups in total. The highest BCUT2D eigenvalue weighted by atomic mass is 35.5. The number of sulfone groups is 1. The molecule has 1 aromatic heterocycles. The number of anilines is 1. The fourth-order valence-corrected chi connectivity index (χ4v) is 8.57. The summed E-state index contributed by atoms with van der Waals surface area (Å²) in [6, 6.07) is 9.86. The van der Waals surface area contributed by atoms with Gasteiger partial charge in [-0.15, -0.1) is 0 Å². The predicted octanol–water partition coefficient (Wildman–Crippen LogP) is 4.36. The van der Waals surface area contributed by atoms with Crippen LogP contribution in [0.2, 0.25) is 5.02 Å². The van der Waals surface area contributed by atoms with Gasteiger partial charge in [-0.3, -0.25) is 9.78 Å². The number of carbonyl (C=O) groups excluding carboxylic acids is 1. The minimum atomic E-state index is -4.10. The Bertz CT molecular complexity index is 1570. The lowest BCUT2D eigenvalue weighted by atomic mass is 9.69. The number of fused-ring (bicyclic) bond motifs is 2. The van der Waals surface area contributed by atoms with Gasteiger partial charge < -0.3 is 20.6 Å². The maximum absolute atomic E-state index is 13.8. The smallest absolute Gasteiger partial charge is 0.255 e. The lowest BCUT2D eigenvalue weighted by molar-refractivity contribution is -0.178. The number of hydrogen-bond donors (Lipinski definition) is 4. The number of aromatic nitrogens is 1. The topological polar surface area (TPSA) is 137 Å². The normalized spacial score (nSPS) is 25.5. The van der Waals surface area contributed by atoms with Crippen LogP contribution in [-0.4, -0.2) is 51.6 Å². The first-order valence-electron chi connectivity index (χ1n) is 13.1. The van der Waals surface area contributed by atoms with Crippen LogP contribution in [0.3, 0.4) is 0 Å². The van der Waals surface area contributed by atoms with Crippen LogP contribution in [0.4, 0.5) is 14.5 Å². The van der Waals surface area contributed by atoms with Gasteiger partial charge in [-0.2, -0.15) is 0 Å². The third-order valence-electron chi connectivity index (χ3n) is 8.39. The summed E-state index contributed by atoms with van der Waals surface area (Å²) in [7, 11) is -4.10. The maximum Gasteiger partial charge on any atom is 0.255 e. The highest BCUT2D eigenvalue weighted by Crippen LogP contribution is 2.55. The number of benzene rings is 2. The molecule has 5 rings (SSSR count). The molecule has 41 heavy (non-hydrogen) atoms. The Hall–Kier alpha value is -2.96. The first-order chi connectivity index (χ1) is 19.3. The molecule has 2 fully saturated rings. The standard InChI is InChI=1S/C29H29ClF2N2O6S/c1-15-2-9-24(33-14-15)26(35)27(36)29(38)17-4-5-18(29)12-20(11-17)41(39,40)25-10-16(3-7-21(25)30)28(37)34-19-6-8-22(31)23(32)13-19/h2-3,6-10,13-14,17-18,20,26-27,35-36,38H,4-5,11-12H2,1H3,(H,34,37)/t17-,18?,20?,26?,27?,29-/m0/s1. The van der Waals surface area contributed by atoms with Crippen molar-refractivity contribution in [2.45, 2.75) is 60.6 Å². The third kappa shape index (κ3) is 5.37. The monoisotopic (exact) mass is 606 g/mol. The fourth-order valence-electron chi connectivity index (χ4n) is 6.17. The van der Waals surface area contributed by atoms with Gasteiger partial charge >= 0.3 is 0 Å². The Kier molecular flexibility index (Phi) is 7.95. The molecular weight excluding hydrogens is 578 g/mol. The Morgan fingerprint density at radius 3 is 2.34 bits per heavy atom. The SMILES string of the molecule is Cc1ccc(C(O)C(O)[C@@]2(O)C3CC[C@H]2CC(S(=O)(=O)c2cc(C(=O)Nc4ccc(F)c(F)c4)ccc2Cl)C3)nc1. The first kappa shape index (κ1) is 29.5. The zero-order valence-electron chi connectivity index (χ0n) is 22.0. The number of nitrogens with zero attached hydrogens (tertiary/aromatic N) is 1. The van der Waals surface area contributed by atoms with Crippen molar-refractivity contribution in [3.8, 4) is 0 Å². The Balaban J connectivity index is 1.36. The molecule has 4 unspecified atom stereocenters. The van der Waals surface area contributed by atoms with Gasteiger partial charge in [-0.25, -0.2) is 17.2 Å². The van der Waals surface area contributed by atoms with Crippen LogP contribution in [0.25, 0.3) is 0 Å². The van der Waals surface area contributed by atoms with Crippen LogP contribution in [0.15, 0.2) is 59.6 Å². The number of amides is 1. The highest BCUT2D eigenvalue weighted by Gasteiger charge is 2.60. The van der Waals surface area contributed by atoms with E-state index in [2.05, 4.69) is 10.3 Å². The molecule has 1 heterocycles. The number of aryl methyl sites for hydroxylation is 1. The number of aliphatic hydroxyl groups is 3. The van der Waals surface area contributed by atoms with E-state index in [1.807, 2.05) is 6.92 Å². The zero-order valence-corrected chi connectivity index (χ0v) is 23.5. The molecule has 3 aromatic rings. The second kappa shape index (κ2) is 11.0. The predicted molar refractivity (Wildman–Crippen MR) is 147 cm³/mol. The second-order valence-electron chi connectivity index (χ2n) is 10.9. The van der Waals surface area contributed by atoms with Gasteiger partial charge in [-0.1, -0.05) is 17.7 Å². The van der Waals surface area contributed by atoms with E-state index < -0.39 is 62.3 Å². The van der Waals surface area contributed by atoms with Crippen molar-refractivity contribution in [2.75, 3.05) is 5.32 Å². The minimum Gasteiger partial charge on any atom is -0.387 e. The molecule has 8 nitrogen and oxygen atoms in total. The van der Waals surface area contributed by atoms with Gasteiger partial charge in [0, 0.05) is 23.5 Å². The van der Waals surface area contributed by atoms with Crippen molar-refractivity contribution in [1.82, 2.24) is 4.98 Å². The van der Waals surface area contributed by atoms with E-state index in [1.54, 1.807) is 18.3 Å². The van der Waals surface area contributed by atoms with Gasteiger partial charge in [0.05, 0.1) is 26.5 Å². The van der Waals surface area contributed by atoms with Gasteiger partial charge in [-0.05, 0) is 86.4 Å². The molecule has 1 amide bonds. The van der Waals surface area contributed by atoms with Gasteiger partial charge in [0.1, 0.15) is 12.2 Å². The van der Waals surface area contributed by atoms with Crippen LogP contribution in [0.1, 0.15) is 53.4 Å². The van der Waals surface area contributed by atoms with E-state index in [0.717, 1.165) is 23.8 Å². The maximum atomic E-state index is 13.8. The van der Waals surface area contributed by atoms with Crippen LogP contribution in [0.5, 0.6) is 0 Å². The summed E-state index contributed by atoms with van der Waals surface area (Å²) >= 11 is 6.29. The third-order valence-corrected chi connectivity index (χ3v) is 11.0. The summed E-state index contributed by atoms with van der Waals surface area (Å²) < 4.78 is 54.4. The fraction of sp³-hybridized carbons (Fsp3) is 0.379. The van der Waals surface area contributed by atoms with E-state index in [-0.39, 0.29) is 39.7 Å². The van der Waals surface area contributed by atoms with Crippen molar-refractivity contribution in [1.29, 1.82) is 0 Å². The number of pyridine rings is 1. The van der Waals surface area contributed by atoms with Crippen molar-refractivity contribution >= 4 is 33.0 Å². The number of halogens is 3. The second-order valence-corrected chi connectivity index (χ2v) is 13.5. The molecule has 2 bridgehead atoms. The minimum absolute atomic E-state index is 0.0158. The van der Waals surface area contributed by atoms with Gasteiger partial charge in [0.2, 0.25) is 0 Å². The van der Waals surface area contributed by atoms with Gasteiger partial charge in [0.25, 0.3) is 5.91 Å². The van der Waals surface area contributed by atoms with E-state index in [4.69, 9.17) is 11.6 Å². The van der Waals surface area contributed by atoms with Crippen molar-refractivity contribution in [2.24, 2.45) is 11.8 Å². The number of rotatable bonds is 7. The van der Waals surface area contributed by atoms with E-state index in [1.165, 1.54) is 18.2 Å². The molecule has 0 spiro atoms. The van der Waals surface area contributed by atoms with E-state index >= 15 is 0 Å². The Labute approximate surface area is 240 Å². The highest BCUT2D eigenvalue weighted by molar-refractivity contribution is 7.92. The number of carbonyl (C=O) groups is 1. The molecule has 6 atom stereocenters. The zero-order chi connectivity index (χ0) is 29.7. The molecule has 12 heteroatoms. The Morgan fingerprint density at radius 1 is 1.05 bits per heavy atom. The van der Waals surface area contributed by atoms with E-state index in [9.17, 15) is 37.3 Å². The van der Waals surface area contributed by atoms with Crippen molar-refractivity contribution in [3.63, 3.8) is 0 Å². The molecule has 0 saturated heterocycles. The number of hydrogen-bond acceptors (Lipinski definition) is 7. The quantitative estimate of drug-likeness (QED) is 0.314. The van der Waals surface area contributed by atoms with Crippen LogP contribution >= 0.6 is 11.6 Å². The molecular formula is C29H29ClF2N2O6S. The molecule has 2 aromatic carbocycles. The average molecular weight is 607 g/mol. The number of aliphatic hydroxyl groups excluding tert-OH is 2. The molecule has 218 valence electrons. The van der Waals surface area contributed by atoms with E-state index in [0.29, 0.717) is 12.8 Å². The summed E-state index contributed by atoms with van der Waals surface area (Å²) in [5, 5.41) is 35.0. The molecule has 2 aliphatic rings. The number of nitrogens with one attached hydrogen (secondary N) is 1. The van der Waals surface area contributed by atoms with Crippen molar-refractivity contribution < 1.29 is 37.3 Å².